The number of amides is 1. The summed E-state index contributed by atoms with van der Waals surface area (Å²) in [4.78, 5) is 12.2. The number of carbonyl (C=O) groups excluding carboxylic acids is 1. The summed E-state index contributed by atoms with van der Waals surface area (Å²) in [6.07, 6.45) is 0. The van der Waals surface area contributed by atoms with E-state index in [1.807, 2.05) is 19.1 Å². The lowest BCUT2D eigenvalue weighted by atomic mass is 10.1. The third-order valence-electron chi connectivity index (χ3n) is 3.39. The molecular formula is C19H23BrN2O4S. The molecule has 2 N–H and O–H groups in total. The zero-order valence-corrected chi connectivity index (χ0v) is 18.1. The quantitative estimate of drug-likeness (QED) is 0.693. The summed E-state index contributed by atoms with van der Waals surface area (Å²) in [6, 6.07) is 11.4. The molecule has 27 heavy (non-hydrogen) atoms. The van der Waals surface area contributed by atoms with E-state index in [1.54, 1.807) is 39.0 Å². The molecule has 0 unspecified atom stereocenters. The Kier molecular flexibility index (Phi) is 6.67. The predicted molar refractivity (Wildman–Crippen MR) is 110 cm³/mol. The largest absolute Gasteiger partial charge is 0.484 e. The van der Waals surface area contributed by atoms with Crippen LogP contribution in [0.25, 0.3) is 0 Å². The maximum Gasteiger partial charge on any atom is 0.262 e. The molecule has 2 rings (SSSR count). The highest BCUT2D eigenvalue weighted by molar-refractivity contribution is 9.10. The Labute approximate surface area is 168 Å². The van der Waals surface area contributed by atoms with E-state index in [4.69, 9.17) is 4.74 Å². The van der Waals surface area contributed by atoms with Gasteiger partial charge < -0.3 is 10.1 Å². The van der Waals surface area contributed by atoms with Gasteiger partial charge in [0.05, 0.1) is 4.90 Å². The van der Waals surface area contributed by atoms with Gasteiger partial charge in [-0.1, -0.05) is 15.9 Å². The monoisotopic (exact) mass is 454 g/mol. The number of anilines is 1. The number of halogens is 1. The van der Waals surface area contributed by atoms with Gasteiger partial charge in [-0.05, 0) is 75.7 Å². The first-order chi connectivity index (χ1) is 12.5. The topological polar surface area (TPSA) is 84.5 Å². The standard InChI is InChI=1S/C19H23BrN2O4S/c1-13-11-15(7-10-17(13)20)26-12-18(23)21-14-5-8-16(9-6-14)27(24,25)22-19(2,3)4/h5-11,22H,12H2,1-4H3,(H,21,23). The van der Waals surface area contributed by atoms with Crippen molar-refractivity contribution in [2.45, 2.75) is 38.1 Å². The van der Waals surface area contributed by atoms with E-state index < -0.39 is 15.6 Å². The lowest BCUT2D eigenvalue weighted by molar-refractivity contribution is -0.118. The second-order valence-corrected chi connectivity index (χ2v) is 9.66. The molecule has 0 saturated carbocycles. The zero-order valence-electron chi connectivity index (χ0n) is 15.7. The van der Waals surface area contributed by atoms with Crippen LogP contribution in [0.15, 0.2) is 51.8 Å². The minimum absolute atomic E-state index is 0.136. The van der Waals surface area contributed by atoms with Crippen molar-refractivity contribution in [1.82, 2.24) is 4.72 Å². The van der Waals surface area contributed by atoms with E-state index in [0.717, 1.165) is 10.0 Å². The smallest absolute Gasteiger partial charge is 0.262 e. The molecule has 0 fully saturated rings. The number of hydrogen-bond donors (Lipinski definition) is 2. The van der Waals surface area contributed by atoms with Crippen LogP contribution in [-0.2, 0) is 14.8 Å². The number of nitrogens with one attached hydrogen (secondary N) is 2. The summed E-state index contributed by atoms with van der Waals surface area (Å²) >= 11 is 3.41. The summed E-state index contributed by atoms with van der Waals surface area (Å²) in [5, 5.41) is 2.68. The van der Waals surface area contributed by atoms with E-state index in [-0.39, 0.29) is 17.4 Å². The highest BCUT2D eigenvalue weighted by Crippen LogP contribution is 2.21. The highest BCUT2D eigenvalue weighted by atomic mass is 79.9. The van der Waals surface area contributed by atoms with Gasteiger partial charge in [-0.25, -0.2) is 13.1 Å². The Hall–Kier alpha value is -1.90. The third kappa shape index (κ3) is 6.64. The number of rotatable bonds is 6. The molecular weight excluding hydrogens is 432 g/mol. The summed E-state index contributed by atoms with van der Waals surface area (Å²) in [5.74, 6) is 0.263. The Morgan fingerprint density at radius 2 is 1.74 bits per heavy atom. The zero-order chi connectivity index (χ0) is 20.2. The number of benzene rings is 2. The molecule has 0 bridgehead atoms. The molecule has 0 aromatic heterocycles. The van der Waals surface area contributed by atoms with Crippen molar-refractivity contribution in [3.63, 3.8) is 0 Å². The van der Waals surface area contributed by atoms with Crippen molar-refractivity contribution in [2.75, 3.05) is 11.9 Å². The molecule has 1 amide bonds. The molecule has 146 valence electrons. The fourth-order valence-electron chi connectivity index (χ4n) is 2.23. The van der Waals surface area contributed by atoms with E-state index >= 15 is 0 Å². The Morgan fingerprint density at radius 1 is 1.11 bits per heavy atom. The molecule has 0 aliphatic rings. The van der Waals surface area contributed by atoms with Gasteiger partial charge in [0.25, 0.3) is 5.91 Å². The van der Waals surface area contributed by atoms with Gasteiger partial charge >= 0.3 is 0 Å². The summed E-state index contributed by atoms with van der Waals surface area (Å²) < 4.78 is 33.6. The van der Waals surface area contributed by atoms with Crippen LogP contribution >= 0.6 is 15.9 Å². The molecule has 0 spiro atoms. The van der Waals surface area contributed by atoms with Gasteiger partial charge in [0, 0.05) is 15.7 Å². The lowest BCUT2D eigenvalue weighted by Gasteiger charge is -2.20. The number of hydrogen-bond acceptors (Lipinski definition) is 4. The molecule has 0 aliphatic carbocycles. The Bertz CT molecular complexity index is 920. The SMILES string of the molecule is Cc1cc(OCC(=O)Nc2ccc(S(=O)(=O)NC(C)(C)C)cc2)ccc1Br. The molecule has 0 radical (unpaired) electrons. The average molecular weight is 455 g/mol. The van der Waals surface area contributed by atoms with Crippen LogP contribution in [0.2, 0.25) is 0 Å². The highest BCUT2D eigenvalue weighted by Gasteiger charge is 2.21. The van der Waals surface area contributed by atoms with E-state index in [0.29, 0.717) is 11.4 Å². The van der Waals surface area contributed by atoms with Crippen molar-refractivity contribution < 1.29 is 17.9 Å². The van der Waals surface area contributed by atoms with Crippen LogP contribution in [-0.4, -0.2) is 26.5 Å². The molecule has 0 heterocycles. The first-order valence-corrected chi connectivity index (χ1v) is 10.6. The van der Waals surface area contributed by atoms with Crippen LogP contribution < -0.4 is 14.8 Å². The molecule has 2 aromatic rings. The summed E-state index contributed by atoms with van der Waals surface area (Å²) in [6.45, 7) is 7.10. The van der Waals surface area contributed by atoms with Gasteiger partial charge in [0.1, 0.15) is 5.75 Å². The van der Waals surface area contributed by atoms with Gasteiger partial charge in [0.2, 0.25) is 10.0 Å². The maximum absolute atomic E-state index is 12.3. The fourth-order valence-corrected chi connectivity index (χ4v) is 3.90. The normalized spacial score (nSPS) is 11.9. The van der Waals surface area contributed by atoms with Crippen molar-refractivity contribution >= 4 is 37.5 Å². The van der Waals surface area contributed by atoms with Crippen LogP contribution in [0.5, 0.6) is 5.75 Å². The van der Waals surface area contributed by atoms with E-state index in [2.05, 4.69) is 26.0 Å². The van der Waals surface area contributed by atoms with Gasteiger partial charge in [-0.3, -0.25) is 4.79 Å². The summed E-state index contributed by atoms with van der Waals surface area (Å²) in [5.41, 5.74) is 0.924. The average Bonchev–Trinajstić information content (AvgIpc) is 2.54. The van der Waals surface area contributed by atoms with Crippen molar-refractivity contribution in [2.24, 2.45) is 0 Å². The molecule has 6 nitrogen and oxygen atoms in total. The van der Waals surface area contributed by atoms with Crippen molar-refractivity contribution in [1.29, 1.82) is 0 Å². The van der Waals surface area contributed by atoms with E-state index in [9.17, 15) is 13.2 Å². The first kappa shape index (κ1) is 21.4. The number of aryl methyl sites for hydroxylation is 1. The summed E-state index contributed by atoms with van der Waals surface area (Å²) in [7, 11) is -3.61. The number of ether oxygens (including phenoxy) is 1. The van der Waals surface area contributed by atoms with Crippen molar-refractivity contribution in [3.05, 3.63) is 52.5 Å². The third-order valence-corrected chi connectivity index (χ3v) is 6.05. The van der Waals surface area contributed by atoms with Gasteiger partial charge in [-0.15, -0.1) is 0 Å². The predicted octanol–water partition coefficient (Wildman–Crippen LogP) is 3.85. The van der Waals surface area contributed by atoms with Crippen LogP contribution in [0.4, 0.5) is 5.69 Å². The minimum Gasteiger partial charge on any atom is -0.484 e. The van der Waals surface area contributed by atoms with Crippen LogP contribution in [0.3, 0.4) is 0 Å². The molecule has 0 aliphatic heterocycles. The Balaban J connectivity index is 1.95. The molecule has 0 atom stereocenters. The fraction of sp³-hybridized carbons (Fsp3) is 0.316. The number of carbonyl (C=O) groups is 1. The van der Waals surface area contributed by atoms with E-state index in [1.165, 1.54) is 12.1 Å². The lowest BCUT2D eigenvalue weighted by Crippen LogP contribution is -2.40. The second kappa shape index (κ2) is 8.41. The van der Waals surface area contributed by atoms with Gasteiger partial charge in [0.15, 0.2) is 6.61 Å². The van der Waals surface area contributed by atoms with Gasteiger partial charge in [-0.2, -0.15) is 0 Å². The maximum atomic E-state index is 12.3. The minimum atomic E-state index is -3.61. The second-order valence-electron chi connectivity index (χ2n) is 7.13. The van der Waals surface area contributed by atoms with Crippen LogP contribution in [0.1, 0.15) is 26.3 Å². The number of sulfonamides is 1. The first-order valence-electron chi connectivity index (χ1n) is 8.29. The molecule has 8 heteroatoms. The molecule has 2 aromatic carbocycles. The van der Waals surface area contributed by atoms with Crippen molar-refractivity contribution in [3.8, 4) is 5.75 Å². The Morgan fingerprint density at radius 3 is 2.30 bits per heavy atom. The molecule has 0 saturated heterocycles. The van der Waals surface area contributed by atoms with Crippen LogP contribution in [0, 0.1) is 6.92 Å².